The van der Waals surface area contributed by atoms with Crippen LogP contribution in [-0.2, 0) is 19.5 Å². The van der Waals surface area contributed by atoms with Gasteiger partial charge >= 0.3 is 0 Å². The van der Waals surface area contributed by atoms with E-state index in [1.54, 1.807) is 53.8 Å². The highest BCUT2D eigenvalue weighted by molar-refractivity contribution is 8.05. The second kappa shape index (κ2) is 21.9. The van der Waals surface area contributed by atoms with Gasteiger partial charge in [-0.1, -0.05) is 92.3 Å². The highest BCUT2D eigenvalue weighted by atomic mass is 35.5. The fourth-order valence-electron chi connectivity index (χ4n) is 4.72. The number of nitrogens with two attached hydrogens (primary N) is 1. The fraction of sp³-hybridized carbons (Fsp3) is 0.289. The molecule has 280 valence electrons. The largest absolute Gasteiger partial charge is 0.356 e. The minimum absolute atomic E-state index is 0.0752. The van der Waals surface area contributed by atoms with E-state index in [4.69, 9.17) is 62.4 Å². The number of rotatable bonds is 12. The summed E-state index contributed by atoms with van der Waals surface area (Å²) in [4.78, 5) is 45.5. The lowest BCUT2D eigenvalue weighted by atomic mass is 10.0. The minimum Gasteiger partial charge on any atom is -0.356 e. The van der Waals surface area contributed by atoms with Gasteiger partial charge in [0.25, 0.3) is 0 Å². The first-order valence-corrected chi connectivity index (χ1v) is 19.7. The van der Waals surface area contributed by atoms with Crippen molar-refractivity contribution in [2.45, 2.75) is 58.9 Å². The number of carbonyl (C=O) groups is 1. The first-order valence-electron chi connectivity index (χ1n) is 16.5. The third kappa shape index (κ3) is 14.6. The zero-order valence-corrected chi connectivity index (χ0v) is 34.2. The number of H-pyrrole nitrogens is 2. The van der Waals surface area contributed by atoms with Crippen molar-refractivity contribution in [3.63, 3.8) is 0 Å². The molecule has 0 fully saturated rings. The van der Waals surface area contributed by atoms with Crippen molar-refractivity contribution < 1.29 is 4.79 Å². The Hall–Kier alpha value is -3.60. The van der Waals surface area contributed by atoms with Crippen LogP contribution in [0.3, 0.4) is 0 Å². The minimum atomic E-state index is -0.354. The van der Waals surface area contributed by atoms with Crippen LogP contribution in [-0.4, -0.2) is 26.0 Å². The Balaban J connectivity index is 0.000000241. The molecule has 0 aliphatic heterocycles. The summed E-state index contributed by atoms with van der Waals surface area (Å²) in [6, 6.07) is 20.4. The number of nitrogens with zero attached hydrogens (tertiary/aromatic N) is 2. The van der Waals surface area contributed by atoms with Gasteiger partial charge in [-0.15, -0.1) is 11.3 Å². The number of anilines is 1. The molecule has 0 aliphatic carbocycles. The Bertz CT molecular complexity index is 2130. The van der Waals surface area contributed by atoms with Crippen LogP contribution in [0.5, 0.6) is 0 Å². The Morgan fingerprint density at radius 1 is 0.868 bits per heavy atom. The molecule has 2 aromatic carbocycles. The summed E-state index contributed by atoms with van der Waals surface area (Å²) in [5.41, 5.74) is 8.99. The number of benzene rings is 2. The van der Waals surface area contributed by atoms with E-state index in [0.717, 1.165) is 46.0 Å². The average molecular weight is 835 g/mol. The maximum Gasteiger partial charge on any atom is 0.248 e. The molecule has 0 spiro atoms. The number of aromatic nitrogens is 3. The second-order valence-electron chi connectivity index (χ2n) is 12.5. The zero-order valence-electron chi connectivity index (χ0n) is 29.5. The molecule has 5 rings (SSSR count). The molecule has 0 amide bonds. The summed E-state index contributed by atoms with van der Waals surface area (Å²) in [5, 5.41) is 16.3. The van der Waals surface area contributed by atoms with Gasteiger partial charge in [-0.05, 0) is 78.9 Å². The third-order valence-electron chi connectivity index (χ3n) is 7.17. The second-order valence-corrected chi connectivity index (χ2v) is 16.2. The van der Waals surface area contributed by atoms with Gasteiger partial charge in [-0.25, -0.2) is 4.98 Å². The van der Waals surface area contributed by atoms with E-state index in [2.05, 4.69) is 29.1 Å². The number of pyridine rings is 2. The van der Waals surface area contributed by atoms with Crippen molar-refractivity contribution in [1.29, 1.82) is 5.26 Å². The van der Waals surface area contributed by atoms with Crippen molar-refractivity contribution in [2.24, 2.45) is 17.6 Å². The van der Waals surface area contributed by atoms with Gasteiger partial charge in [0.1, 0.15) is 5.40 Å². The average Bonchev–Trinajstić information content (AvgIpc) is 3.51. The van der Waals surface area contributed by atoms with Crippen LogP contribution in [0.2, 0.25) is 20.1 Å². The molecular formula is C38H40Cl4N6O3S2. The van der Waals surface area contributed by atoms with E-state index in [0.29, 0.717) is 57.0 Å². The number of aromatic amines is 2. The van der Waals surface area contributed by atoms with Gasteiger partial charge in [-0.2, -0.15) is 5.26 Å². The summed E-state index contributed by atoms with van der Waals surface area (Å²) >= 11 is 26.5. The monoisotopic (exact) mass is 832 g/mol. The van der Waals surface area contributed by atoms with Crippen LogP contribution in [0.25, 0.3) is 11.3 Å². The number of hydrogen-bond acceptors (Lipinski definition) is 9. The van der Waals surface area contributed by atoms with Gasteiger partial charge in [0.15, 0.2) is 10.9 Å². The van der Waals surface area contributed by atoms with Crippen LogP contribution < -0.4 is 22.2 Å². The lowest BCUT2D eigenvalue weighted by Crippen LogP contribution is -2.19. The Kier molecular flexibility index (Phi) is 18.1. The number of thiocyanates is 1. The molecule has 9 nitrogen and oxygen atoms in total. The smallest absolute Gasteiger partial charge is 0.248 e. The first-order chi connectivity index (χ1) is 25.2. The Labute approximate surface area is 337 Å². The molecule has 5 N–H and O–H groups in total. The predicted octanol–water partition coefficient (Wildman–Crippen LogP) is 10.3. The van der Waals surface area contributed by atoms with Crippen molar-refractivity contribution >= 4 is 80.4 Å². The number of halogens is 4. The third-order valence-corrected chi connectivity index (χ3v) is 10.5. The number of thiazole rings is 1. The number of Topliss-reactive ketones (excluding diaryl/α,β-unsaturated/α-hetero) is 1. The fourth-order valence-corrected chi connectivity index (χ4v) is 7.36. The lowest BCUT2D eigenvalue weighted by molar-refractivity contribution is 0.0982. The molecule has 3 aromatic heterocycles. The van der Waals surface area contributed by atoms with Gasteiger partial charge in [0.2, 0.25) is 11.1 Å². The van der Waals surface area contributed by atoms with E-state index >= 15 is 0 Å². The Morgan fingerprint density at radius 2 is 1.47 bits per heavy atom. The number of nitriles is 1. The van der Waals surface area contributed by atoms with E-state index in [-0.39, 0.29) is 22.2 Å². The van der Waals surface area contributed by atoms with E-state index in [1.165, 1.54) is 17.0 Å². The number of carbonyl (C=O) groups excluding carboxylic acids is 1. The normalized spacial score (nSPS) is 11.2. The summed E-state index contributed by atoms with van der Waals surface area (Å²) < 4.78 is 0. The van der Waals surface area contributed by atoms with Gasteiger partial charge in [0, 0.05) is 46.1 Å². The van der Waals surface area contributed by atoms with Crippen LogP contribution in [0.15, 0.2) is 82.4 Å². The molecule has 1 atom stereocenters. The standard InChI is InChI=1S/C19H19Cl2N3OS.C13H13Cl2NOS.C6H8N2O/c1-11(2)8-16-18(12-6-7-14(20)15(21)9-12)24-19(26-16)22-10-13-4-3-5-17(25)23-13;1-8(2)5-12(18-7-16)13(17)9-3-4-10(14)11(15)6-9;7-4-5-2-1-3-6(9)8-5/h3-7,9,11H,8,10H2,1-2H3,(H,22,24)(H,23,25);3-4,6,8,12H,5H2,1-2H3;1-3H,4,7H2,(H,8,9). The molecular weight excluding hydrogens is 794 g/mol. The molecule has 0 radical (unpaired) electrons. The van der Waals surface area contributed by atoms with Crippen molar-refractivity contribution in [3.8, 4) is 16.7 Å². The van der Waals surface area contributed by atoms with Crippen LogP contribution in [0.4, 0.5) is 5.13 Å². The van der Waals surface area contributed by atoms with Gasteiger partial charge < -0.3 is 21.0 Å². The topological polar surface area (TPSA) is 158 Å². The highest BCUT2D eigenvalue weighted by Gasteiger charge is 2.22. The number of thioether (sulfide) groups is 1. The van der Waals surface area contributed by atoms with E-state index in [1.807, 2.05) is 37.4 Å². The van der Waals surface area contributed by atoms with Gasteiger partial charge in [-0.3, -0.25) is 14.4 Å². The number of ketones is 1. The SMILES string of the molecule is CC(C)CC(SC#N)C(=O)c1ccc(Cl)c(Cl)c1.CC(C)Cc1sc(NCc2cccc(=O)[nH]2)nc1-c1ccc(Cl)c(Cl)c1.NCc1cccc(=O)[nH]1. The van der Waals surface area contributed by atoms with Crippen LogP contribution in [0.1, 0.15) is 60.7 Å². The number of hydrogen-bond donors (Lipinski definition) is 4. The summed E-state index contributed by atoms with van der Waals surface area (Å²) in [7, 11) is 0. The quantitative estimate of drug-likeness (QED) is 0.0715. The molecule has 53 heavy (non-hydrogen) atoms. The first kappa shape index (κ1) is 43.8. The zero-order chi connectivity index (χ0) is 39.1. The van der Waals surface area contributed by atoms with Crippen molar-refractivity contribution in [2.75, 3.05) is 5.32 Å². The summed E-state index contributed by atoms with van der Waals surface area (Å²) in [6.07, 6.45) is 1.59. The molecule has 1 unspecified atom stereocenters. The lowest BCUT2D eigenvalue weighted by Gasteiger charge is -2.14. The predicted molar refractivity (Wildman–Crippen MR) is 223 cm³/mol. The summed E-state index contributed by atoms with van der Waals surface area (Å²) in [6.45, 7) is 9.29. The molecule has 0 aliphatic rings. The molecule has 0 bridgehead atoms. The molecule has 15 heteroatoms. The molecule has 0 saturated carbocycles. The van der Waals surface area contributed by atoms with Crippen molar-refractivity contribution in [3.05, 3.63) is 135 Å². The van der Waals surface area contributed by atoms with Crippen LogP contribution >= 0.6 is 69.5 Å². The van der Waals surface area contributed by atoms with E-state index in [9.17, 15) is 14.4 Å². The summed E-state index contributed by atoms with van der Waals surface area (Å²) in [5.74, 6) is 0.784. The van der Waals surface area contributed by atoms with Gasteiger partial charge in [0.05, 0.1) is 37.6 Å². The molecule has 0 saturated heterocycles. The highest BCUT2D eigenvalue weighted by Crippen LogP contribution is 2.36. The maximum atomic E-state index is 12.3. The van der Waals surface area contributed by atoms with Crippen LogP contribution in [0, 0.1) is 22.5 Å². The number of nitrogens with one attached hydrogen (secondary N) is 3. The molecule has 3 heterocycles. The Morgan fingerprint density at radius 3 is 2.00 bits per heavy atom. The maximum absolute atomic E-state index is 12.3. The molecule has 5 aromatic rings. The van der Waals surface area contributed by atoms with Crippen molar-refractivity contribution in [1.82, 2.24) is 15.0 Å². The van der Waals surface area contributed by atoms with E-state index < -0.39 is 0 Å².